The highest BCUT2D eigenvalue weighted by molar-refractivity contribution is 6.01. The summed E-state index contributed by atoms with van der Waals surface area (Å²) in [6, 6.07) is 3.99. The summed E-state index contributed by atoms with van der Waals surface area (Å²) in [4.78, 5) is 25.1. The number of nitrogens with zero attached hydrogens (tertiary/aromatic N) is 1. The van der Waals surface area contributed by atoms with Crippen LogP contribution in [0.5, 0.6) is 0 Å². The molecule has 1 amide bonds. The zero-order chi connectivity index (χ0) is 14.2. The minimum atomic E-state index is -1.22. The Labute approximate surface area is 109 Å². The van der Waals surface area contributed by atoms with Gasteiger partial charge in [-0.1, -0.05) is 0 Å². The number of amides is 1. The summed E-state index contributed by atoms with van der Waals surface area (Å²) in [6.45, 7) is 1.56. The lowest BCUT2D eigenvalue weighted by atomic mass is 9.97. The van der Waals surface area contributed by atoms with Gasteiger partial charge in [-0.15, -0.1) is 0 Å². The molecule has 0 unspecified atom stereocenters. The molecule has 2 rings (SSSR count). The van der Waals surface area contributed by atoms with Crippen LogP contribution in [-0.4, -0.2) is 31.8 Å². The maximum atomic E-state index is 13.3. The van der Waals surface area contributed by atoms with Crippen LogP contribution in [0.2, 0.25) is 0 Å². The maximum Gasteiger partial charge on any atom is 0.415 e. The summed E-state index contributed by atoms with van der Waals surface area (Å²) in [7, 11) is 2.47. The molecule has 1 aliphatic heterocycles. The number of hydrogen-bond acceptors (Lipinski definition) is 4. The van der Waals surface area contributed by atoms with E-state index < -0.39 is 23.4 Å². The Hall–Kier alpha value is -2.11. The Morgan fingerprint density at radius 2 is 2.00 bits per heavy atom. The molecule has 0 saturated carbocycles. The number of rotatable bonds is 1. The zero-order valence-corrected chi connectivity index (χ0v) is 10.9. The topological polar surface area (TPSA) is 55.8 Å². The number of benzene rings is 1. The second-order valence-corrected chi connectivity index (χ2v) is 4.52. The fourth-order valence-corrected chi connectivity index (χ4v) is 2.40. The van der Waals surface area contributed by atoms with Gasteiger partial charge >= 0.3 is 12.1 Å². The lowest BCUT2D eigenvalue weighted by Gasteiger charge is -2.31. The van der Waals surface area contributed by atoms with Crippen molar-refractivity contribution in [3.8, 4) is 0 Å². The van der Waals surface area contributed by atoms with Gasteiger partial charge in [0.25, 0.3) is 0 Å². The van der Waals surface area contributed by atoms with Gasteiger partial charge in [0.15, 0.2) is 0 Å². The van der Waals surface area contributed by atoms with E-state index in [9.17, 15) is 14.0 Å². The molecule has 0 bridgehead atoms. The van der Waals surface area contributed by atoms with E-state index in [1.807, 2.05) is 0 Å². The molecular weight excluding hydrogens is 253 g/mol. The molecule has 0 aliphatic carbocycles. The summed E-state index contributed by atoms with van der Waals surface area (Å²) in [5.41, 5.74) is -0.197. The molecule has 0 radical (unpaired) electrons. The van der Waals surface area contributed by atoms with Crippen molar-refractivity contribution in [2.24, 2.45) is 0 Å². The van der Waals surface area contributed by atoms with Crippen LogP contribution in [0, 0.1) is 5.82 Å². The van der Waals surface area contributed by atoms with Crippen molar-refractivity contribution in [2.75, 3.05) is 19.1 Å². The van der Waals surface area contributed by atoms with Gasteiger partial charge in [0.1, 0.15) is 11.4 Å². The third-order valence-electron chi connectivity index (χ3n) is 3.29. The van der Waals surface area contributed by atoms with E-state index in [1.54, 1.807) is 6.92 Å². The maximum absolute atomic E-state index is 13.3. The molecule has 1 aromatic rings. The van der Waals surface area contributed by atoms with Crippen LogP contribution >= 0.6 is 0 Å². The first-order valence-corrected chi connectivity index (χ1v) is 5.69. The number of halogens is 1. The summed E-state index contributed by atoms with van der Waals surface area (Å²) in [6.07, 6.45) is -0.500. The highest BCUT2D eigenvalue weighted by atomic mass is 19.1. The van der Waals surface area contributed by atoms with E-state index in [4.69, 9.17) is 9.47 Å². The van der Waals surface area contributed by atoms with Crippen molar-refractivity contribution in [1.82, 2.24) is 0 Å². The summed E-state index contributed by atoms with van der Waals surface area (Å²) in [5.74, 6) is -0.993. The fraction of sp³-hybridized carbons (Fsp3) is 0.385. The molecule has 5 nitrogen and oxygen atoms in total. The van der Waals surface area contributed by atoms with Gasteiger partial charge in [0.2, 0.25) is 0 Å². The Morgan fingerprint density at radius 1 is 1.32 bits per heavy atom. The number of esters is 1. The fourth-order valence-electron chi connectivity index (χ4n) is 2.40. The van der Waals surface area contributed by atoms with E-state index in [0.29, 0.717) is 11.3 Å². The standard InChI is InChI=1S/C13H14FNO4/c1-13(11(16)18-2)7-8-6-9(14)4-5-10(8)15(13)12(17)19-3/h4-6H,7H2,1-3H3/t13-/m0/s1. The quantitative estimate of drug-likeness (QED) is 0.729. The average Bonchev–Trinajstić information content (AvgIpc) is 2.69. The summed E-state index contributed by atoms with van der Waals surface area (Å²) < 4.78 is 22.7. The lowest BCUT2D eigenvalue weighted by Crippen LogP contribution is -2.54. The Morgan fingerprint density at radius 3 is 2.58 bits per heavy atom. The van der Waals surface area contributed by atoms with Crippen LogP contribution in [0.3, 0.4) is 0 Å². The van der Waals surface area contributed by atoms with E-state index in [-0.39, 0.29) is 6.42 Å². The van der Waals surface area contributed by atoms with Gasteiger partial charge in [-0.25, -0.2) is 14.0 Å². The van der Waals surface area contributed by atoms with Gasteiger partial charge in [-0.3, -0.25) is 4.90 Å². The van der Waals surface area contributed by atoms with Crippen molar-refractivity contribution in [1.29, 1.82) is 0 Å². The second kappa shape index (κ2) is 4.53. The molecule has 1 aliphatic rings. The average molecular weight is 267 g/mol. The molecule has 19 heavy (non-hydrogen) atoms. The molecule has 1 aromatic carbocycles. The first-order valence-electron chi connectivity index (χ1n) is 5.69. The van der Waals surface area contributed by atoms with Gasteiger partial charge in [0.05, 0.1) is 19.9 Å². The summed E-state index contributed by atoms with van der Waals surface area (Å²) in [5, 5.41) is 0. The first kappa shape index (κ1) is 13.3. The molecule has 0 spiro atoms. The van der Waals surface area contributed by atoms with E-state index in [2.05, 4.69) is 0 Å². The molecule has 0 fully saturated rings. The lowest BCUT2D eigenvalue weighted by molar-refractivity contribution is -0.146. The first-order chi connectivity index (χ1) is 8.93. The van der Waals surface area contributed by atoms with Gasteiger partial charge in [-0.05, 0) is 30.7 Å². The van der Waals surface area contributed by atoms with Gasteiger partial charge in [-0.2, -0.15) is 0 Å². The van der Waals surface area contributed by atoms with Gasteiger partial charge < -0.3 is 9.47 Å². The number of anilines is 1. The van der Waals surface area contributed by atoms with E-state index in [1.165, 1.54) is 37.3 Å². The number of ether oxygens (including phenoxy) is 2. The highest BCUT2D eigenvalue weighted by Gasteiger charge is 2.50. The summed E-state index contributed by atoms with van der Waals surface area (Å²) >= 11 is 0. The molecule has 0 saturated heterocycles. The van der Waals surface area contributed by atoms with Gasteiger partial charge in [0, 0.05) is 6.42 Å². The van der Waals surface area contributed by atoms with Crippen molar-refractivity contribution in [3.05, 3.63) is 29.6 Å². The van der Waals surface area contributed by atoms with Crippen molar-refractivity contribution in [2.45, 2.75) is 18.9 Å². The van der Waals surface area contributed by atoms with Crippen LogP contribution in [-0.2, 0) is 20.7 Å². The molecule has 1 atom stereocenters. The van der Waals surface area contributed by atoms with E-state index >= 15 is 0 Å². The van der Waals surface area contributed by atoms with Crippen LogP contribution in [0.4, 0.5) is 14.9 Å². The SMILES string of the molecule is COC(=O)N1c2ccc(F)cc2C[C@@]1(C)C(=O)OC. The molecule has 1 heterocycles. The number of carbonyl (C=O) groups excluding carboxylic acids is 2. The molecular formula is C13H14FNO4. The minimum absolute atomic E-state index is 0.182. The predicted molar refractivity (Wildman–Crippen MR) is 65.4 cm³/mol. The Balaban J connectivity index is 2.55. The van der Waals surface area contributed by atoms with Crippen molar-refractivity contribution >= 4 is 17.7 Å². The Bertz CT molecular complexity index is 545. The normalized spacial score (nSPS) is 20.9. The van der Waals surface area contributed by atoms with Crippen molar-refractivity contribution in [3.63, 3.8) is 0 Å². The van der Waals surface area contributed by atoms with Crippen LogP contribution in [0.1, 0.15) is 12.5 Å². The largest absolute Gasteiger partial charge is 0.467 e. The molecule has 0 aromatic heterocycles. The third kappa shape index (κ3) is 1.93. The molecule has 6 heteroatoms. The molecule has 102 valence electrons. The number of methoxy groups -OCH3 is 2. The second-order valence-electron chi connectivity index (χ2n) is 4.52. The minimum Gasteiger partial charge on any atom is -0.467 e. The third-order valence-corrected chi connectivity index (χ3v) is 3.29. The number of fused-ring (bicyclic) bond motifs is 1. The van der Waals surface area contributed by atoms with E-state index in [0.717, 1.165) is 0 Å². The Kier molecular flexibility index (Phi) is 3.18. The van der Waals surface area contributed by atoms with Crippen LogP contribution in [0.25, 0.3) is 0 Å². The zero-order valence-electron chi connectivity index (χ0n) is 10.9. The highest BCUT2D eigenvalue weighted by Crippen LogP contribution is 2.40. The van der Waals surface area contributed by atoms with Crippen molar-refractivity contribution < 1.29 is 23.5 Å². The van der Waals surface area contributed by atoms with Crippen LogP contribution < -0.4 is 4.90 Å². The predicted octanol–water partition coefficient (Wildman–Crippen LogP) is 1.89. The number of hydrogen-bond donors (Lipinski definition) is 0. The van der Waals surface area contributed by atoms with Crippen LogP contribution in [0.15, 0.2) is 18.2 Å². The number of carbonyl (C=O) groups is 2. The smallest absolute Gasteiger partial charge is 0.415 e. The monoisotopic (exact) mass is 267 g/mol. The molecule has 0 N–H and O–H groups in total.